The zero-order valence-electron chi connectivity index (χ0n) is 13.7. The van der Waals surface area contributed by atoms with Crippen molar-refractivity contribution in [3.05, 3.63) is 35.9 Å². The number of amides is 1. The molecule has 6 heteroatoms. The number of hydrogen-bond donors (Lipinski definition) is 2. The van der Waals surface area contributed by atoms with Crippen LogP contribution in [0.3, 0.4) is 0 Å². The van der Waals surface area contributed by atoms with Gasteiger partial charge in [0.2, 0.25) is 5.91 Å². The number of nitrogens with one attached hydrogen (secondary N) is 1. The van der Waals surface area contributed by atoms with Gasteiger partial charge in [0.25, 0.3) is 0 Å². The third-order valence-corrected chi connectivity index (χ3v) is 5.11. The van der Waals surface area contributed by atoms with Gasteiger partial charge in [-0.05, 0) is 24.3 Å². The highest BCUT2D eigenvalue weighted by molar-refractivity contribution is 5.79. The Morgan fingerprint density at radius 2 is 2.12 bits per heavy atom. The smallest absolute Gasteiger partial charge is 0.313 e. The van der Waals surface area contributed by atoms with Crippen molar-refractivity contribution in [2.24, 2.45) is 11.3 Å². The summed E-state index contributed by atoms with van der Waals surface area (Å²) in [6, 6.07) is 10.0. The lowest BCUT2D eigenvalue weighted by Crippen LogP contribution is -2.46. The quantitative estimate of drug-likeness (QED) is 0.804. The third-order valence-electron chi connectivity index (χ3n) is 5.11. The number of aliphatic carboxylic acids is 1. The molecule has 2 heterocycles. The van der Waals surface area contributed by atoms with Crippen LogP contribution >= 0.6 is 0 Å². The highest BCUT2D eigenvalue weighted by Crippen LogP contribution is 2.41. The molecule has 130 valence electrons. The van der Waals surface area contributed by atoms with E-state index in [2.05, 4.69) is 5.32 Å². The van der Waals surface area contributed by atoms with Gasteiger partial charge in [-0.25, -0.2) is 0 Å². The van der Waals surface area contributed by atoms with Crippen LogP contribution < -0.4 is 5.32 Å². The van der Waals surface area contributed by atoms with E-state index in [0.717, 1.165) is 12.8 Å². The normalized spacial score (nSPS) is 26.8. The van der Waals surface area contributed by atoms with Gasteiger partial charge < -0.3 is 15.2 Å². The second-order valence-corrected chi connectivity index (χ2v) is 6.75. The van der Waals surface area contributed by atoms with Crippen LogP contribution in [-0.4, -0.2) is 61.3 Å². The Balaban J connectivity index is 1.48. The number of carboxylic acids is 1. The number of hydrogen-bond acceptors (Lipinski definition) is 4. The Morgan fingerprint density at radius 1 is 1.33 bits per heavy atom. The van der Waals surface area contributed by atoms with E-state index in [1.807, 2.05) is 35.2 Å². The van der Waals surface area contributed by atoms with E-state index in [1.165, 1.54) is 5.56 Å². The first-order valence-electron chi connectivity index (χ1n) is 8.44. The number of carboxylic acid groups (broad SMARTS) is 1. The van der Waals surface area contributed by atoms with Crippen LogP contribution in [0.25, 0.3) is 0 Å². The number of rotatable bonds is 6. The van der Waals surface area contributed by atoms with E-state index in [0.29, 0.717) is 26.2 Å². The Bertz CT molecular complexity index is 592. The number of benzene rings is 1. The van der Waals surface area contributed by atoms with Crippen LogP contribution in [0.5, 0.6) is 0 Å². The number of carbonyl (C=O) groups is 2. The highest BCUT2D eigenvalue weighted by atomic mass is 16.5. The summed E-state index contributed by atoms with van der Waals surface area (Å²) in [6.45, 7) is 2.74. The van der Waals surface area contributed by atoms with Gasteiger partial charge in [-0.3, -0.25) is 14.5 Å². The predicted octanol–water partition coefficient (Wildman–Crippen LogP) is 0.768. The van der Waals surface area contributed by atoms with E-state index >= 15 is 0 Å². The average molecular weight is 332 g/mol. The summed E-state index contributed by atoms with van der Waals surface area (Å²) in [7, 11) is 0. The Labute approximate surface area is 141 Å². The molecule has 2 saturated heterocycles. The van der Waals surface area contributed by atoms with E-state index in [9.17, 15) is 14.7 Å². The SMILES string of the molecule is O=C(CN1C[C@@H]2CCOC[C@]2(C(=O)O)C1)NCCc1ccccc1. The summed E-state index contributed by atoms with van der Waals surface area (Å²) in [5.74, 6) is -0.786. The van der Waals surface area contributed by atoms with Gasteiger partial charge in [0, 0.05) is 26.2 Å². The maximum absolute atomic E-state index is 12.1. The minimum Gasteiger partial charge on any atom is -0.481 e. The molecule has 1 amide bonds. The molecular formula is C18H24N2O4. The van der Waals surface area contributed by atoms with Crippen LogP contribution in [0.2, 0.25) is 0 Å². The highest BCUT2D eigenvalue weighted by Gasteiger charge is 2.54. The van der Waals surface area contributed by atoms with E-state index in [1.54, 1.807) is 0 Å². The van der Waals surface area contributed by atoms with Crippen molar-refractivity contribution in [1.29, 1.82) is 0 Å². The number of nitrogens with zero attached hydrogens (tertiary/aromatic N) is 1. The molecule has 2 atom stereocenters. The molecular weight excluding hydrogens is 308 g/mol. The summed E-state index contributed by atoms with van der Waals surface area (Å²) < 4.78 is 5.41. The zero-order valence-corrected chi connectivity index (χ0v) is 13.7. The van der Waals surface area contributed by atoms with Crippen LogP contribution in [0, 0.1) is 11.3 Å². The maximum Gasteiger partial charge on any atom is 0.313 e. The van der Waals surface area contributed by atoms with Crippen molar-refractivity contribution in [3.8, 4) is 0 Å². The van der Waals surface area contributed by atoms with Crippen molar-refractivity contribution in [2.45, 2.75) is 12.8 Å². The average Bonchev–Trinajstić information content (AvgIpc) is 2.95. The lowest BCUT2D eigenvalue weighted by Gasteiger charge is -2.34. The molecule has 2 fully saturated rings. The minimum absolute atomic E-state index is 0.0500. The fraction of sp³-hybridized carbons (Fsp3) is 0.556. The molecule has 1 aromatic rings. The first-order valence-corrected chi connectivity index (χ1v) is 8.44. The maximum atomic E-state index is 12.1. The van der Waals surface area contributed by atoms with Gasteiger partial charge in [-0.15, -0.1) is 0 Å². The van der Waals surface area contributed by atoms with Crippen molar-refractivity contribution in [1.82, 2.24) is 10.2 Å². The van der Waals surface area contributed by atoms with Crippen molar-refractivity contribution in [3.63, 3.8) is 0 Å². The van der Waals surface area contributed by atoms with Gasteiger partial charge >= 0.3 is 5.97 Å². The summed E-state index contributed by atoms with van der Waals surface area (Å²) in [5.41, 5.74) is 0.342. The minimum atomic E-state index is -0.845. The van der Waals surface area contributed by atoms with E-state index in [-0.39, 0.29) is 25.0 Å². The first-order chi connectivity index (χ1) is 11.6. The Kier molecular flexibility index (Phi) is 5.16. The number of ether oxygens (including phenoxy) is 1. The van der Waals surface area contributed by atoms with Gasteiger partial charge in [-0.2, -0.15) is 0 Å². The topological polar surface area (TPSA) is 78.9 Å². The number of carbonyl (C=O) groups excluding carboxylic acids is 1. The fourth-order valence-electron chi connectivity index (χ4n) is 3.76. The molecule has 0 aliphatic carbocycles. The zero-order chi connectivity index (χ0) is 17.0. The van der Waals surface area contributed by atoms with Crippen LogP contribution in [0.1, 0.15) is 12.0 Å². The van der Waals surface area contributed by atoms with E-state index < -0.39 is 11.4 Å². The molecule has 1 aromatic carbocycles. The van der Waals surface area contributed by atoms with Crippen LogP contribution in [0.4, 0.5) is 0 Å². The summed E-state index contributed by atoms with van der Waals surface area (Å²) in [4.78, 5) is 25.8. The van der Waals surface area contributed by atoms with Gasteiger partial charge in [0.15, 0.2) is 0 Å². The first kappa shape index (κ1) is 16.9. The number of likely N-dealkylation sites (tertiary alicyclic amines) is 1. The Hall–Kier alpha value is -1.92. The monoisotopic (exact) mass is 332 g/mol. The Morgan fingerprint density at radius 3 is 2.83 bits per heavy atom. The molecule has 24 heavy (non-hydrogen) atoms. The molecule has 0 saturated carbocycles. The molecule has 0 spiro atoms. The molecule has 0 radical (unpaired) electrons. The molecule has 6 nitrogen and oxygen atoms in total. The van der Waals surface area contributed by atoms with Gasteiger partial charge in [0.05, 0.1) is 13.2 Å². The van der Waals surface area contributed by atoms with Crippen molar-refractivity contribution in [2.75, 3.05) is 39.4 Å². The van der Waals surface area contributed by atoms with E-state index in [4.69, 9.17) is 4.74 Å². The third kappa shape index (κ3) is 3.60. The standard InChI is InChI=1S/C18H24N2O4/c21-16(19-8-6-14-4-2-1-3-5-14)11-20-10-15-7-9-24-13-18(15,12-20)17(22)23/h1-5,15H,6-13H2,(H,19,21)(H,22,23)/t15-,18+/m0/s1. The second-order valence-electron chi connectivity index (χ2n) is 6.75. The van der Waals surface area contributed by atoms with Crippen molar-refractivity contribution >= 4 is 11.9 Å². The number of fused-ring (bicyclic) bond motifs is 1. The molecule has 2 aliphatic rings. The fourth-order valence-corrected chi connectivity index (χ4v) is 3.76. The molecule has 0 unspecified atom stereocenters. The molecule has 2 N–H and O–H groups in total. The molecule has 0 aromatic heterocycles. The summed E-state index contributed by atoms with van der Waals surface area (Å²) >= 11 is 0. The molecule has 3 rings (SSSR count). The van der Waals surface area contributed by atoms with Crippen LogP contribution in [0.15, 0.2) is 30.3 Å². The largest absolute Gasteiger partial charge is 0.481 e. The predicted molar refractivity (Wildman–Crippen MR) is 88.6 cm³/mol. The van der Waals surface area contributed by atoms with Gasteiger partial charge in [0.1, 0.15) is 5.41 Å². The molecule has 0 bridgehead atoms. The summed E-state index contributed by atoms with van der Waals surface area (Å²) in [6.07, 6.45) is 1.54. The lowest BCUT2D eigenvalue weighted by atomic mass is 9.76. The van der Waals surface area contributed by atoms with Crippen LogP contribution in [-0.2, 0) is 20.7 Å². The van der Waals surface area contributed by atoms with Gasteiger partial charge in [-0.1, -0.05) is 30.3 Å². The second kappa shape index (κ2) is 7.32. The van der Waals surface area contributed by atoms with Crippen molar-refractivity contribution < 1.29 is 19.4 Å². The lowest BCUT2D eigenvalue weighted by molar-refractivity contribution is -0.160. The molecule has 2 aliphatic heterocycles. The summed E-state index contributed by atoms with van der Waals surface area (Å²) in [5, 5.41) is 12.5.